The SMILES string of the molecule is NS(=O)(=O)CCn1nnc(SCC2(NC(=O)C[S+]([O-])CC(F)(F)F)C(=O)N3C(C(=O)O)=CCS[C@H]32)n1. The standard InChI is InChI=1S/C15H18F3N7O7S4/c16-15(17,18)7-35(30)5-9(26)20-14(11(29)25-8(10(27)28)1-3-33-12(14)25)6-34-13-21-23-24(22-13)2-4-36(19,31)32/h1,12H,2-7H2,(H,20,26)(H,27,28)(H2,19,31,32)/t12-,14?,35?/m0/s1. The lowest BCUT2D eigenvalue weighted by molar-refractivity contribution is -0.157. The van der Waals surface area contributed by atoms with Gasteiger partial charge in [0, 0.05) is 11.5 Å². The van der Waals surface area contributed by atoms with E-state index in [1.165, 1.54) is 6.08 Å². The van der Waals surface area contributed by atoms with Crippen LogP contribution in [0.3, 0.4) is 0 Å². The first-order valence-corrected chi connectivity index (χ1v) is 14.9. The zero-order chi connectivity index (χ0) is 26.9. The largest absolute Gasteiger partial charge is 0.616 e. The highest BCUT2D eigenvalue weighted by molar-refractivity contribution is 8.01. The number of hydrogen-bond acceptors (Lipinski definition) is 11. The molecule has 2 aliphatic heterocycles. The molecule has 200 valence electrons. The summed E-state index contributed by atoms with van der Waals surface area (Å²) in [4.78, 5) is 39.0. The topological polar surface area (TPSA) is 214 Å². The monoisotopic (exact) mass is 593 g/mol. The van der Waals surface area contributed by atoms with Crippen LogP contribution in [0.15, 0.2) is 16.9 Å². The number of amides is 2. The van der Waals surface area contributed by atoms with Crippen LogP contribution in [0.25, 0.3) is 0 Å². The molecule has 4 N–H and O–H groups in total. The van der Waals surface area contributed by atoms with Gasteiger partial charge in [-0.3, -0.25) is 14.5 Å². The van der Waals surface area contributed by atoms with Crippen LogP contribution in [0.1, 0.15) is 0 Å². The van der Waals surface area contributed by atoms with Crippen molar-refractivity contribution in [3.05, 3.63) is 11.8 Å². The van der Waals surface area contributed by atoms with Crippen LogP contribution in [0.4, 0.5) is 13.2 Å². The molecular formula is C15H18F3N7O7S4. The fourth-order valence-corrected chi connectivity index (χ4v) is 6.89. The van der Waals surface area contributed by atoms with Gasteiger partial charge in [0.1, 0.15) is 11.1 Å². The van der Waals surface area contributed by atoms with Crippen LogP contribution in [-0.4, -0.2) is 107 Å². The normalized spacial score (nSPS) is 22.9. The molecule has 0 saturated carbocycles. The number of carboxylic acid groups (broad SMARTS) is 1. The predicted molar refractivity (Wildman–Crippen MR) is 120 cm³/mol. The van der Waals surface area contributed by atoms with Crippen LogP contribution in [-0.2, 0) is 42.1 Å². The maximum atomic E-state index is 13.1. The summed E-state index contributed by atoms with van der Waals surface area (Å²) in [5.74, 6) is -6.63. The maximum Gasteiger partial charge on any atom is 0.433 e. The summed E-state index contributed by atoms with van der Waals surface area (Å²) < 4.78 is 71.4. The fraction of sp³-hybridized carbons (Fsp3) is 0.600. The first-order valence-electron chi connectivity index (χ1n) is 9.64. The first-order chi connectivity index (χ1) is 16.6. The first kappa shape index (κ1) is 28.5. The zero-order valence-corrected chi connectivity index (χ0v) is 21.1. The number of primary sulfonamides is 1. The van der Waals surface area contributed by atoms with Crippen molar-refractivity contribution in [2.45, 2.75) is 28.8 Å². The third-order valence-electron chi connectivity index (χ3n) is 4.68. The summed E-state index contributed by atoms with van der Waals surface area (Å²) in [6, 6.07) is 0. The number of nitrogens with one attached hydrogen (secondary N) is 1. The fourth-order valence-electron chi connectivity index (χ4n) is 3.26. The molecule has 1 saturated heterocycles. The van der Waals surface area contributed by atoms with Crippen molar-refractivity contribution in [1.29, 1.82) is 0 Å². The molecule has 21 heteroatoms. The van der Waals surface area contributed by atoms with Gasteiger partial charge in [0.25, 0.3) is 11.8 Å². The number of tetrazole rings is 1. The minimum absolute atomic E-state index is 0.0280. The molecule has 1 aromatic rings. The Morgan fingerprint density at radius 3 is 2.75 bits per heavy atom. The van der Waals surface area contributed by atoms with E-state index in [-0.39, 0.29) is 28.9 Å². The summed E-state index contributed by atoms with van der Waals surface area (Å²) >= 11 is -0.673. The van der Waals surface area contributed by atoms with Gasteiger partial charge < -0.3 is 15.0 Å². The summed E-state index contributed by atoms with van der Waals surface area (Å²) in [5.41, 5.74) is -2.08. The van der Waals surface area contributed by atoms with E-state index < -0.39 is 73.3 Å². The van der Waals surface area contributed by atoms with E-state index >= 15 is 0 Å². The molecular weight excluding hydrogens is 575 g/mol. The molecule has 0 bridgehead atoms. The molecule has 36 heavy (non-hydrogen) atoms. The summed E-state index contributed by atoms with van der Waals surface area (Å²) in [6.07, 6.45) is -3.46. The van der Waals surface area contributed by atoms with Gasteiger partial charge in [-0.15, -0.1) is 22.0 Å². The molecule has 3 rings (SSSR count). The second-order valence-electron chi connectivity index (χ2n) is 7.44. The number of halogens is 3. The number of alkyl halides is 3. The van der Waals surface area contributed by atoms with Crippen molar-refractivity contribution in [1.82, 2.24) is 30.4 Å². The molecule has 3 heterocycles. The van der Waals surface area contributed by atoms with Crippen LogP contribution >= 0.6 is 23.5 Å². The van der Waals surface area contributed by atoms with Gasteiger partial charge in [-0.25, -0.2) is 18.4 Å². The van der Waals surface area contributed by atoms with E-state index in [4.69, 9.17) is 5.14 Å². The van der Waals surface area contributed by atoms with Gasteiger partial charge in [-0.1, -0.05) is 11.8 Å². The second kappa shape index (κ2) is 10.7. The number of nitrogens with two attached hydrogens (primary N) is 1. The van der Waals surface area contributed by atoms with Crippen molar-refractivity contribution < 1.29 is 45.6 Å². The van der Waals surface area contributed by atoms with E-state index in [9.17, 15) is 45.6 Å². The Morgan fingerprint density at radius 1 is 1.44 bits per heavy atom. The molecule has 14 nitrogen and oxygen atoms in total. The molecule has 1 aromatic heterocycles. The van der Waals surface area contributed by atoms with Gasteiger partial charge >= 0.3 is 12.1 Å². The molecule has 0 spiro atoms. The van der Waals surface area contributed by atoms with Gasteiger partial charge in [0.2, 0.25) is 20.9 Å². The Balaban J connectivity index is 1.76. The summed E-state index contributed by atoms with van der Waals surface area (Å²) in [7, 11) is -3.80. The summed E-state index contributed by atoms with van der Waals surface area (Å²) in [6.45, 7) is -0.211. The molecule has 2 unspecified atom stereocenters. The van der Waals surface area contributed by atoms with Gasteiger partial charge in [0.15, 0.2) is 11.3 Å². The maximum absolute atomic E-state index is 13.1. The molecule has 1 fully saturated rings. The average molecular weight is 594 g/mol. The zero-order valence-electron chi connectivity index (χ0n) is 17.9. The number of carbonyl (C=O) groups is 3. The van der Waals surface area contributed by atoms with Crippen molar-refractivity contribution in [3.63, 3.8) is 0 Å². The van der Waals surface area contributed by atoms with Crippen molar-refractivity contribution in [2.24, 2.45) is 5.14 Å². The lowest BCUT2D eigenvalue weighted by Gasteiger charge is -2.56. The van der Waals surface area contributed by atoms with Crippen molar-refractivity contribution >= 4 is 62.5 Å². The number of hydrogen-bond donors (Lipinski definition) is 3. The Labute approximate surface area is 212 Å². The number of fused-ring (bicyclic) bond motifs is 1. The van der Waals surface area contributed by atoms with Crippen LogP contribution < -0.4 is 10.5 Å². The molecule has 0 aliphatic carbocycles. The van der Waals surface area contributed by atoms with E-state index in [0.717, 1.165) is 33.2 Å². The lowest BCUT2D eigenvalue weighted by atomic mass is 9.88. The Morgan fingerprint density at radius 2 is 2.14 bits per heavy atom. The number of rotatable bonds is 11. The van der Waals surface area contributed by atoms with Crippen LogP contribution in [0.2, 0.25) is 0 Å². The molecule has 2 amide bonds. The van der Waals surface area contributed by atoms with Gasteiger partial charge in [-0.05, 0) is 22.5 Å². The number of sulfonamides is 1. The smallest absolute Gasteiger partial charge is 0.433 e. The summed E-state index contributed by atoms with van der Waals surface area (Å²) in [5, 5.41) is 27.0. The predicted octanol–water partition coefficient (Wildman–Crippen LogP) is -1.90. The van der Waals surface area contributed by atoms with Gasteiger partial charge in [-0.2, -0.15) is 18.0 Å². The molecule has 0 radical (unpaired) electrons. The Kier molecular flexibility index (Phi) is 8.50. The highest BCUT2D eigenvalue weighted by Crippen LogP contribution is 2.46. The van der Waals surface area contributed by atoms with Gasteiger partial charge in [0.05, 0.1) is 12.3 Å². The van der Waals surface area contributed by atoms with Crippen LogP contribution in [0, 0.1) is 0 Å². The molecule has 0 aromatic carbocycles. The Hall–Kier alpha value is -2.07. The van der Waals surface area contributed by atoms with E-state index in [2.05, 4.69) is 20.7 Å². The minimum atomic E-state index is -4.76. The molecule has 3 atom stereocenters. The van der Waals surface area contributed by atoms with E-state index in [1.807, 2.05) is 0 Å². The highest BCUT2D eigenvalue weighted by Gasteiger charge is 2.64. The van der Waals surface area contributed by atoms with E-state index in [1.54, 1.807) is 0 Å². The number of carboxylic acids is 1. The van der Waals surface area contributed by atoms with Crippen molar-refractivity contribution in [3.8, 4) is 0 Å². The minimum Gasteiger partial charge on any atom is -0.616 e. The number of carbonyl (C=O) groups excluding carboxylic acids is 2. The van der Waals surface area contributed by atoms with Crippen LogP contribution in [0.5, 0.6) is 0 Å². The third kappa shape index (κ3) is 6.82. The van der Waals surface area contributed by atoms with Crippen molar-refractivity contribution in [2.75, 3.05) is 28.8 Å². The van der Waals surface area contributed by atoms with E-state index in [0.29, 0.717) is 0 Å². The number of aromatic nitrogens is 4. The number of aryl methyl sites for hydroxylation is 1. The second-order valence-corrected chi connectivity index (χ2v) is 12.7. The average Bonchev–Trinajstić information content (AvgIpc) is 3.20. The lowest BCUT2D eigenvalue weighted by Crippen LogP contribution is -2.81. The quantitative estimate of drug-likeness (QED) is 0.146. The highest BCUT2D eigenvalue weighted by atomic mass is 32.2. The number of nitrogens with zero attached hydrogens (tertiary/aromatic N) is 5. The Bertz CT molecular complexity index is 1180. The number of thioether (sulfide) groups is 2. The number of aliphatic carboxylic acids is 1. The molecule has 2 aliphatic rings. The third-order valence-corrected chi connectivity index (χ3v) is 8.98. The number of β-lactam (4-membered cyclic amide) rings is 1.